The Kier molecular flexibility index (Phi) is 7.98. The number of hydrogen-bond donors (Lipinski definition) is 1. The molecule has 0 radical (unpaired) electrons. The van der Waals surface area contributed by atoms with Crippen molar-refractivity contribution in [2.24, 2.45) is 0 Å². The fourth-order valence-electron chi connectivity index (χ4n) is 3.55. The van der Waals surface area contributed by atoms with Gasteiger partial charge in [-0.05, 0) is 68.7 Å². The highest BCUT2D eigenvalue weighted by molar-refractivity contribution is 7.89. The number of rotatable bonds is 9. The van der Waals surface area contributed by atoms with Crippen LogP contribution in [0.1, 0.15) is 36.5 Å². The van der Waals surface area contributed by atoms with Crippen LogP contribution in [0.3, 0.4) is 0 Å². The van der Waals surface area contributed by atoms with Gasteiger partial charge in [0.2, 0.25) is 10.0 Å². The van der Waals surface area contributed by atoms with Gasteiger partial charge in [0.15, 0.2) is 0 Å². The molecule has 8 nitrogen and oxygen atoms in total. The van der Waals surface area contributed by atoms with Crippen LogP contribution < -0.4 is 18.9 Å². The standard InChI is InChI=1S/C23H30N2O6S/c1-17(16-31-19-9-7-18(29-2)8-10-19)24-32(27,28)20-11-12-22(30-3)21(15-20)23(26)25-13-5-4-6-14-25/h7-12,15,17,24H,4-6,13-14,16H2,1-3H3/t17-/m0/s1. The van der Waals surface area contributed by atoms with E-state index >= 15 is 0 Å². The topological polar surface area (TPSA) is 94.2 Å². The minimum absolute atomic E-state index is 0.00922. The monoisotopic (exact) mass is 462 g/mol. The quantitative estimate of drug-likeness (QED) is 0.616. The third-order valence-corrected chi connectivity index (χ3v) is 6.86. The molecule has 1 fully saturated rings. The van der Waals surface area contributed by atoms with E-state index in [-0.39, 0.29) is 23.0 Å². The van der Waals surface area contributed by atoms with Gasteiger partial charge in [0.1, 0.15) is 23.9 Å². The lowest BCUT2D eigenvalue weighted by atomic mass is 10.1. The second-order valence-corrected chi connectivity index (χ2v) is 9.44. The Balaban J connectivity index is 1.70. The minimum atomic E-state index is -3.86. The Morgan fingerprint density at radius 2 is 1.66 bits per heavy atom. The molecule has 2 aromatic carbocycles. The molecule has 3 rings (SSSR count). The number of carbonyl (C=O) groups excluding carboxylic acids is 1. The molecule has 1 atom stereocenters. The van der Waals surface area contributed by atoms with Crippen molar-refractivity contribution in [2.75, 3.05) is 33.9 Å². The van der Waals surface area contributed by atoms with Gasteiger partial charge in [-0.3, -0.25) is 4.79 Å². The van der Waals surface area contributed by atoms with E-state index in [2.05, 4.69) is 4.72 Å². The molecule has 0 aromatic heterocycles. The summed E-state index contributed by atoms with van der Waals surface area (Å²) in [5.41, 5.74) is 0.249. The molecule has 174 valence electrons. The normalized spacial score (nSPS) is 15.2. The Bertz CT molecular complexity index is 1020. The Labute approximate surface area is 189 Å². The van der Waals surface area contributed by atoms with Crippen LogP contribution >= 0.6 is 0 Å². The van der Waals surface area contributed by atoms with Crippen LogP contribution in [0.15, 0.2) is 47.4 Å². The first-order valence-electron chi connectivity index (χ1n) is 10.6. The van der Waals surface area contributed by atoms with Crippen molar-refractivity contribution in [1.29, 1.82) is 0 Å². The van der Waals surface area contributed by atoms with Crippen molar-refractivity contribution >= 4 is 15.9 Å². The van der Waals surface area contributed by atoms with E-state index in [9.17, 15) is 13.2 Å². The molecular formula is C23H30N2O6S. The summed E-state index contributed by atoms with van der Waals surface area (Å²) >= 11 is 0. The molecule has 0 bridgehead atoms. The molecule has 0 aliphatic carbocycles. The summed E-state index contributed by atoms with van der Waals surface area (Å²) in [5, 5.41) is 0. The van der Waals surface area contributed by atoms with E-state index in [1.54, 1.807) is 43.2 Å². The van der Waals surface area contributed by atoms with E-state index in [4.69, 9.17) is 14.2 Å². The summed E-state index contributed by atoms with van der Waals surface area (Å²) in [6.07, 6.45) is 2.98. The Hall–Kier alpha value is -2.78. The maximum Gasteiger partial charge on any atom is 0.257 e. The molecule has 2 aromatic rings. The summed E-state index contributed by atoms with van der Waals surface area (Å²) in [7, 11) is -0.816. The third kappa shape index (κ3) is 5.92. The second kappa shape index (κ2) is 10.7. The average molecular weight is 463 g/mol. The molecule has 0 saturated carbocycles. The van der Waals surface area contributed by atoms with Gasteiger partial charge in [0.25, 0.3) is 5.91 Å². The molecule has 1 heterocycles. The predicted molar refractivity (Wildman–Crippen MR) is 121 cm³/mol. The van der Waals surface area contributed by atoms with Crippen LogP contribution in [0.5, 0.6) is 17.2 Å². The largest absolute Gasteiger partial charge is 0.497 e. The third-order valence-electron chi connectivity index (χ3n) is 5.27. The fraction of sp³-hybridized carbons (Fsp3) is 0.435. The number of amides is 1. The van der Waals surface area contributed by atoms with Gasteiger partial charge in [-0.2, -0.15) is 0 Å². The highest BCUT2D eigenvalue weighted by Gasteiger charge is 2.25. The molecule has 1 aliphatic heterocycles. The number of sulfonamides is 1. The van der Waals surface area contributed by atoms with Gasteiger partial charge in [0.05, 0.1) is 30.7 Å². The summed E-state index contributed by atoms with van der Waals surface area (Å²) in [6, 6.07) is 10.9. The first kappa shape index (κ1) is 23.9. The minimum Gasteiger partial charge on any atom is -0.497 e. The number of piperidine rings is 1. The smallest absolute Gasteiger partial charge is 0.257 e. The summed E-state index contributed by atoms with van der Waals surface area (Å²) in [5.74, 6) is 1.46. The van der Waals surface area contributed by atoms with Crippen LogP contribution in [-0.4, -0.2) is 59.2 Å². The van der Waals surface area contributed by atoms with Gasteiger partial charge in [-0.1, -0.05) is 0 Å². The highest BCUT2D eigenvalue weighted by atomic mass is 32.2. The van der Waals surface area contributed by atoms with Crippen LogP contribution in [0.4, 0.5) is 0 Å². The fourth-order valence-corrected chi connectivity index (χ4v) is 4.80. The summed E-state index contributed by atoms with van der Waals surface area (Å²) < 4.78 is 44.6. The van der Waals surface area contributed by atoms with E-state index in [0.717, 1.165) is 19.3 Å². The van der Waals surface area contributed by atoms with Crippen molar-refractivity contribution in [3.05, 3.63) is 48.0 Å². The molecule has 0 spiro atoms. The van der Waals surface area contributed by atoms with Crippen LogP contribution in [0.25, 0.3) is 0 Å². The number of nitrogens with zero attached hydrogens (tertiary/aromatic N) is 1. The van der Waals surface area contributed by atoms with Crippen LogP contribution in [0, 0.1) is 0 Å². The van der Waals surface area contributed by atoms with Gasteiger partial charge < -0.3 is 19.1 Å². The number of benzene rings is 2. The molecule has 0 unspecified atom stereocenters. The van der Waals surface area contributed by atoms with E-state index in [0.29, 0.717) is 30.3 Å². The van der Waals surface area contributed by atoms with Gasteiger partial charge in [-0.15, -0.1) is 0 Å². The summed E-state index contributed by atoms with van der Waals surface area (Å²) in [6.45, 7) is 3.18. The number of nitrogens with one attached hydrogen (secondary N) is 1. The molecule has 32 heavy (non-hydrogen) atoms. The van der Waals surface area contributed by atoms with Crippen molar-refractivity contribution < 1.29 is 27.4 Å². The molecule has 9 heteroatoms. The number of likely N-dealkylation sites (tertiary alicyclic amines) is 1. The number of ether oxygens (including phenoxy) is 3. The maximum absolute atomic E-state index is 13.0. The zero-order valence-electron chi connectivity index (χ0n) is 18.7. The van der Waals surface area contributed by atoms with Crippen LogP contribution in [0.2, 0.25) is 0 Å². The highest BCUT2D eigenvalue weighted by Crippen LogP contribution is 2.25. The maximum atomic E-state index is 13.0. The van der Waals surface area contributed by atoms with Gasteiger partial charge in [0, 0.05) is 13.1 Å². The van der Waals surface area contributed by atoms with Crippen molar-refractivity contribution in [2.45, 2.75) is 37.1 Å². The first-order chi connectivity index (χ1) is 15.3. The first-order valence-corrected chi connectivity index (χ1v) is 12.1. The predicted octanol–water partition coefficient (Wildman–Crippen LogP) is 3.08. The van der Waals surface area contributed by atoms with Crippen molar-refractivity contribution in [3.8, 4) is 17.2 Å². The number of carbonyl (C=O) groups is 1. The average Bonchev–Trinajstić information content (AvgIpc) is 2.82. The zero-order chi connectivity index (χ0) is 23.1. The molecule has 1 saturated heterocycles. The van der Waals surface area contributed by atoms with E-state index in [1.807, 2.05) is 0 Å². The summed E-state index contributed by atoms with van der Waals surface area (Å²) in [4.78, 5) is 14.7. The number of methoxy groups -OCH3 is 2. The Morgan fingerprint density at radius 1 is 1.00 bits per heavy atom. The molecule has 1 amide bonds. The van der Waals surface area contributed by atoms with E-state index < -0.39 is 16.1 Å². The lowest BCUT2D eigenvalue weighted by Crippen LogP contribution is -2.37. The molecule has 1 N–H and O–H groups in total. The van der Waals surface area contributed by atoms with Crippen molar-refractivity contribution in [1.82, 2.24) is 9.62 Å². The van der Waals surface area contributed by atoms with Gasteiger partial charge in [-0.25, -0.2) is 13.1 Å². The van der Waals surface area contributed by atoms with Gasteiger partial charge >= 0.3 is 0 Å². The second-order valence-electron chi connectivity index (χ2n) is 7.72. The van der Waals surface area contributed by atoms with E-state index in [1.165, 1.54) is 25.3 Å². The lowest BCUT2D eigenvalue weighted by molar-refractivity contribution is 0.0720. The van der Waals surface area contributed by atoms with Crippen molar-refractivity contribution in [3.63, 3.8) is 0 Å². The van der Waals surface area contributed by atoms with Crippen LogP contribution in [-0.2, 0) is 10.0 Å². The Morgan fingerprint density at radius 3 is 2.28 bits per heavy atom. The number of hydrogen-bond acceptors (Lipinski definition) is 6. The molecule has 1 aliphatic rings. The zero-order valence-corrected chi connectivity index (χ0v) is 19.5. The molecular weight excluding hydrogens is 432 g/mol. The SMILES string of the molecule is COc1ccc(OC[C@H](C)NS(=O)(=O)c2ccc(OC)c(C(=O)N3CCCCC3)c2)cc1. The lowest BCUT2D eigenvalue weighted by Gasteiger charge is -2.27.